The molecule has 2 saturated heterocycles. The molecule has 92 valence electrons. The van der Waals surface area contributed by atoms with Gasteiger partial charge in [0.15, 0.2) is 0 Å². The Morgan fingerprint density at radius 1 is 1.31 bits per heavy atom. The van der Waals surface area contributed by atoms with Gasteiger partial charge in [-0.15, -0.1) is 0 Å². The van der Waals surface area contributed by atoms with Gasteiger partial charge in [-0.05, 0) is 32.4 Å². The molecule has 0 aromatic heterocycles. The predicted octanol–water partition coefficient (Wildman–Crippen LogP) is 0.293. The number of nitrogens with one attached hydrogen (secondary N) is 1. The van der Waals surface area contributed by atoms with Gasteiger partial charge >= 0.3 is 0 Å². The smallest absolute Gasteiger partial charge is 0.239 e. The number of piperazine rings is 1. The van der Waals surface area contributed by atoms with Gasteiger partial charge in [0, 0.05) is 26.2 Å². The molecule has 0 unspecified atom stereocenters. The minimum absolute atomic E-state index is 0.109. The minimum atomic E-state index is 0.109. The van der Waals surface area contributed by atoms with Crippen LogP contribution in [-0.4, -0.2) is 61.0 Å². The van der Waals surface area contributed by atoms with Gasteiger partial charge in [0.05, 0.1) is 6.04 Å². The van der Waals surface area contributed by atoms with Crippen molar-refractivity contribution in [3.63, 3.8) is 0 Å². The molecule has 2 aliphatic rings. The number of amides is 1. The summed E-state index contributed by atoms with van der Waals surface area (Å²) < 4.78 is 0. The highest BCUT2D eigenvalue weighted by Crippen LogP contribution is 2.11. The van der Waals surface area contributed by atoms with E-state index >= 15 is 0 Å². The van der Waals surface area contributed by atoms with Gasteiger partial charge in [0.1, 0.15) is 0 Å². The molecule has 16 heavy (non-hydrogen) atoms. The Morgan fingerprint density at radius 3 is 2.62 bits per heavy atom. The summed E-state index contributed by atoms with van der Waals surface area (Å²) in [6.45, 7) is 8.31. The predicted molar refractivity (Wildman–Crippen MR) is 64.3 cm³/mol. The van der Waals surface area contributed by atoms with Crippen molar-refractivity contribution in [1.82, 2.24) is 15.1 Å². The largest absolute Gasteiger partial charge is 0.339 e. The highest BCUT2D eigenvalue weighted by atomic mass is 16.2. The van der Waals surface area contributed by atoms with E-state index in [0.29, 0.717) is 5.91 Å². The van der Waals surface area contributed by atoms with Crippen LogP contribution in [0.5, 0.6) is 0 Å². The first kappa shape index (κ1) is 11.9. The molecule has 1 amide bonds. The SMILES string of the molecule is CCCN1CCN(C(=O)[C@@H]2CCCN2)CC1. The van der Waals surface area contributed by atoms with Gasteiger partial charge in [-0.2, -0.15) is 0 Å². The van der Waals surface area contributed by atoms with Crippen molar-refractivity contribution in [2.45, 2.75) is 32.2 Å². The second-order valence-corrected chi connectivity index (χ2v) is 4.82. The Morgan fingerprint density at radius 2 is 2.06 bits per heavy atom. The maximum absolute atomic E-state index is 12.1. The van der Waals surface area contributed by atoms with Gasteiger partial charge in [0.2, 0.25) is 5.91 Å². The van der Waals surface area contributed by atoms with Crippen LogP contribution in [0, 0.1) is 0 Å². The average Bonchev–Trinajstić information content (AvgIpc) is 2.83. The van der Waals surface area contributed by atoms with E-state index < -0.39 is 0 Å². The molecule has 0 aromatic rings. The number of rotatable bonds is 3. The molecular formula is C12H23N3O. The van der Waals surface area contributed by atoms with Crippen LogP contribution in [-0.2, 0) is 4.79 Å². The molecule has 2 rings (SSSR count). The van der Waals surface area contributed by atoms with Crippen LogP contribution in [0.1, 0.15) is 26.2 Å². The van der Waals surface area contributed by atoms with E-state index in [0.717, 1.165) is 45.6 Å². The van der Waals surface area contributed by atoms with E-state index in [4.69, 9.17) is 0 Å². The Bertz CT molecular complexity index is 230. The summed E-state index contributed by atoms with van der Waals surface area (Å²) in [5.41, 5.74) is 0. The molecule has 0 spiro atoms. The van der Waals surface area contributed by atoms with Crippen molar-refractivity contribution >= 4 is 5.91 Å². The second kappa shape index (κ2) is 5.64. The van der Waals surface area contributed by atoms with Crippen molar-refractivity contribution < 1.29 is 4.79 Å². The zero-order valence-electron chi connectivity index (χ0n) is 10.2. The molecule has 0 aliphatic carbocycles. The van der Waals surface area contributed by atoms with Crippen molar-refractivity contribution in [3.05, 3.63) is 0 Å². The van der Waals surface area contributed by atoms with Gasteiger partial charge < -0.3 is 10.2 Å². The van der Waals surface area contributed by atoms with Crippen LogP contribution in [0.2, 0.25) is 0 Å². The van der Waals surface area contributed by atoms with Crippen molar-refractivity contribution in [3.8, 4) is 0 Å². The van der Waals surface area contributed by atoms with Crippen LogP contribution in [0.4, 0.5) is 0 Å². The normalized spacial score (nSPS) is 27.3. The topological polar surface area (TPSA) is 35.6 Å². The van der Waals surface area contributed by atoms with E-state index in [1.807, 2.05) is 4.90 Å². The summed E-state index contributed by atoms with van der Waals surface area (Å²) in [5, 5.41) is 3.29. The highest BCUT2D eigenvalue weighted by molar-refractivity contribution is 5.82. The fourth-order valence-electron chi connectivity index (χ4n) is 2.62. The standard InChI is InChI=1S/C12H23N3O/c1-2-6-14-7-9-15(10-8-14)12(16)11-4-3-5-13-11/h11,13H,2-10H2,1H3/t11-/m0/s1. The highest BCUT2D eigenvalue weighted by Gasteiger charge is 2.28. The van der Waals surface area contributed by atoms with Gasteiger partial charge in [-0.3, -0.25) is 9.69 Å². The van der Waals surface area contributed by atoms with Crippen LogP contribution in [0.25, 0.3) is 0 Å². The van der Waals surface area contributed by atoms with E-state index in [-0.39, 0.29) is 6.04 Å². The summed E-state index contributed by atoms with van der Waals surface area (Å²) >= 11 is 0. The zero-order valence-corrected chi connectivity index (χ0v) is 10.2. The first-order valence-corrected chi connectivity index (χ1v) is 6.56. The first-order chi connectivity index (χ1) is 7.81. The quantitative estimate of drug-likeness (QED) is 0.750. The third kappa shape index (κ3) is 2.74. The molecule has 0 bridgehead atoms. The maximum Gasteiger partial charge on any atom is 0.239 e. The number of nitrogens with zero attached hydrogens (tertiary/aromatic N) is 2. The van der Waals surface area contributed by atoms with Crippen molar-refractivity contribution in [1.29, 1.82) is 0 Å². The monoisotopic (exact) mass is 225 g/mol. The fourth-order valence-corrected chi connectivity index (χ4v) is 2.62. The Balaban J connectivity index is 1.77. The zero-order chi connectivity index (χ0) is 11.4. The fraction of sp³-hybridized carbons (Fsp3) is 0.917. The third-order valence-corrected chi connectivity index (χ3v) is 3.58. The third-order valence-electron chi connectivity index (χ3n) is 3.58. The number of carbonyl (C=O) groups excluding carboxylic acids is 1. The average molecular weight is 225 g/mol. The summed E-state index contributed by atoms with van der Waals surface area (Å²) in [4.78, 5) is 16.6. The van der Waals surface area contributed by atoms with E-state index in [2.05, 4.69) is 17.1 Å². The van der Waals surface area contributed by atoms with Crippen molar-refractivity contribution in [2.24, 2.45) is 0 Å². The van der Waals surface area contributed by atoms with Crippen LogP contribution >= 0.6 is 0 Å². The lowest BCUT2D eigenvalue weighted by molar-refractivity contribution is -0.134. The number of hydrogen-bond donors (Lipinski definition) is 1. The molecule has 0 radical (unpaired) electrons. The first-order valence-electron chi connectivity index (χ1n) is 6.56. The molecule has 2 heterocycles. The maximum atomic E-state index is 12.1. The van der Waals surface area contributed by atoms with Crippen LogP contribution < -0.4 is 5.32 Å². The van der Waals surface area contributed by atoms with Gasteiger partial charge in [0.25, 0.3) is 0 Å². The van der Waals surface area contributed by atoms with E-state index in [9.17, 15) is 4.79 Å². The lowest BCUT2D eigenvalue weighted by Gasteiger charge is -2.35. The number of carbonyl (C=O) groups is 1. The lowest BCUT2D eigenvalue weighted by Crippen LogP contribution is -2.53. The summed E-state index contributed by atoms with van der Waals surface area (Å²) in [5.74, 6) is 0.327. The molecular weight excluding hydrogens is 202 g/mol. The van der Waals surface area contributed by atoms with Gasteiger partial charge in [-0.25, -0.2) is 0 Å². The van der Waals surface area contributed by atoms with E-state index in [1.165, 1.54) is 13.0 Å². The summed E-state index contributed by atoms with van der Waals surface area (Å²) in [7, 11) is 0. The van der Waals surface area contributed by atoms with E-state index in [1.54, 1.807) is 0 Å². The van der Waals surface area contributed by atoms with Crippen LogP contribution in [0.3, 0.4) is 0 Å². The molecule has 2 fully saturated rings. The Kier molecular flexibility index (Phi) is 4.18. The lowest BCUT2D eigenvalue weighted by atomic mass is 10.2. The molecule has 2 aliphatic heterocycles. The molecule has 0 aromatic carbocycles. The number of hydrogen-bond acceptors (Lipinski definition) is 3. The Hall–Kier alpha value is -0.610. The minimum Gasteiger partial charge on any atom is -0.339 e. The molecule has 4 nitrogen and oxygen atoms in total. The molecule has 1 N–H and O–H groups in total. The van der Waals surface area contributed by atoms with Gasteiger partial charge in [-0.1, -0.05) is 6.92 Å². The summed E-state index contributed by atoms with van der Waals surface area (Å²) in [6, 6.07) is 0.109. The molecule has 1 atom stereocenters. The summed E-state index contributed by atoms with van der Waals surface area (Å²) in [6.07, 6.45) is 3.37. The second-order valence-electron chi connectivity index (χ2n) is 4.82. The molecule has 4 heteroatoms. The van der Waals surface area contributed by atoms with Crippen LogP contribution in [0.15, 0.2) is 0 Å². The Labute approximate surface area is 98.0 Å². The van der Waals surface area contributed by atoms with Crippen molar-refractivity contribution in [2.75, 3.05) is 39.3 Å². The molecule has 0 saturated carbocycles.